The van der Waals surface area contributed by atoms with Gasteiger partial charge in [-0.3, -0.25) is 0 Å². The van der Waals surface area contributed by atoms with E-state index in [1.807, 2.05) is 13.8 Å². The average Bonchev–Trinajstić information content (AvgIpc) is 2.68. The number of rotatable bonds is 3. The first kappa shape index (κ1) is 13.8. The number of aromatic nitrogens is 3. The SMILES string of the molecule is CC(C)c1nn(CC2CCCCO2)c(=O)n1C(N)=O. The van der Waals surface area contributed by atoms with Gasteiger partial charge in [0.15, 0.2) is 0 Å². The predicted molar refractivity (Wildman–Crippen MR) is 69.1 cm³/mol. The van der Waals surface area contributed by atoms with Crippen molar-refractivity contribution in [1.82, 2.24) is 14.3 Å². The van der Waals surface area contributed by atoms with Crippen LogP contribution in [0.5, 0.6) is 0 Å². The van der Waals surface area contributed by atoms with Gasteiger partial charge >= 0.3 is 11.7 Å². The maximum Gasteiger partial charge on any atom is 0.354 e. The highest BCUT2D eigenvalue weighted by Crippen LogP contribution is 2.14. The Morgan fingerprint density at radius 1 is 1.53 bits per heavy atom. The maximum absolute atomic E-state index is 12.1. The van der Waals surface area contributed by atoms with Gasteiger partial charge in [0, 0.05) is 12.5 Å². The summed E-state index contributed by atoms with van der Waals surface area (Å²) in [5.74, 6) is 0.349. The molecule has 2 N–H and O–H groups in total. The van der Waals surface area contributed by atoms with Gasteiger partial charge in [-0.1, -0.05) is 13.8 Å². The number of amides is 1. The molecule has 1 saturated heterocycles. The molecule has 0 spiro atoms. The molecule has 0 aromatic carbocycles. The monoisotopic (exact) mass is 268 g/mol. The van der Waals surface area contributed by atoms with Crippen LogP contribution in [-0.4, -0.2) is 33.1 Å². The predicted octanol–water partition coefficient (Wildman–Crippen LogP) is 0.664. The molecule has 7 nitrogen and oxygen atoms in total. The molecule has 1 aromatic rings. The van der Waals surface area contributed by atoms with E-state index in [9.17, 15) is 9.59 Å². The van der Waals surface area contributed by atoms with Crippen molar-refractivity contribution in [2.24, 2.45) is 5.73 Å². The topological polar surface area (TPSA) is 92.1 Å². The molecule has 1 amide bonds. The molecule has 0 aliphatic carbocycles. The third-order valence-corrected chi connectivity index (χ3v) is 3.25. The van der Waals surface area contributed by atoms with Crippen molar-refractivity contribution in [3.63, 3.8) is 0 Å². The largest absolute Gasteiger partial charge is 0.376 e. The number of hydrogen-bond donors (Lipinski definition) is 1. The Hall–Kier alpha value is -1.63. The average molecular weight is 268 g/mol. The van der Waals surface area contributed by atoms with Gasteiger partial charge in [0.25, 0.3) is 0 Å². The summed E-state index contributed by atoms with van der Waals surface area (Å²) >= 11 is 0. The summed E-state index contributed by atoms with van der Waals surface area (Å²) in [4.78, 5) is 23.5. The first-order valence-electron chi connectivity index (χ1n) is 6.62. The van der Waals surface area contributed by atoms with Gasteiger partial charge in [0.2, 0.25) is 0 Å². The molecule has 1 fully saturated rings. The second-order valence-corrected chi connectivity index (χ2v) is 5.14. The van der Waals surface area contributed by atoms with E-state index in [0.717, 1.165) is 23.8 Å². The fourth-order valence-corrected chi connectivity index (χ4v) is 2.27. The van der Waals surface area contributed by atoms with Crippen LogP contribution >= 0.6 is 0 Å². The second kappa shape index (κ2) is 5.56. The zero-order valence-electron chi connectivity index (χ0n) is 11.3. The number of carbonyl (C=O) groups is 1. The third kappa shape index (κ3) is 2.86. The lowest BCUT2D eigenvalue weighted by Crippen LogP contribution is -2.36. The fourth-order valence-electron chi connectivity index (χ4n) is 2.27. The van der Waals surface area contributed by atoms with Gasteiger partial charge in [-0.05, 0) is 19.3 Å². The summed E-state index contributed by atoms with van der Waals surface area (Å²) in [5.41, 5.74) is 4.76. The molecule has 1 unspecified atom stereocenters. The zero-order chi connectivity index (χ0) is 14.0. The molecule has 7 heteroatoms. The number of nitrogens with zero attached hydrogens (tertiary/aromatic N) is 3. The molecular formula is C12H20N4O3. The third-order valence-electron chi connectivity index (χ3n) is 3.25. The summed E-state index contributed by atoms with van der Waals surface area (Å²) in [5, 5.41) is 4.21. The van der Waals surface area contributed by atoms with Crippen LogP contribution in [0.1, 0.15) is 44.9 Å². The fraction of sp³-hybridized carbons (Fsp3) is 0.750. The number of ether oxygens (including phenoxy) is 1. The Bertz CT molecular complexity index is 512. The van der Waals surface area contributed by atoms with Crippen LogP contribution < -0.4 is 11.4 Å². The lowest BCUT2D eigenvalue weighted by molar-refractivity contribution is 0.00326. The first-order chi connectivity index (χ1) is 9.00. The van der Waals surface area contributed by atoms with Gasteiger partial charge in [-0.15, -0.1) is 0 Å². The van der Waals surface area contributed by atoms with Gasteiger partial charge < -0.3 is 10.5 Å². The van der Waals surface area contributed by atoms with E-state index < -0.39 is 11.7 Å². The number of hydrogen-bond acceptors (Lipinski definition) is 4. The van der Waals surface area contributed by atoms with Crippen LogP contribution in [0.25, 0.3) is 0 Å². The van der Waals surface area contributed by atoms with Crippen LogP contribution in [0, 0.1) is 0 Å². The lowest BCUT2D eigenvalue weighted by Gasteiger charge is -2.21. The van der Waals surface area contributed by atoms with Crippen LogP contribution in [0.15, 0.2) is 4.79 Å². The second-order valence-electron chi connectivity index (χ2n) is 5.14. The van der Waals surface area contributed by atoms with Crippen molar-refractivity contribution in [2.45, 2.75) is 51.7 Å². The Kier molecular flexibility index (Phi) is 4.04. The van der Waals surface area contributed by atoms with Gasteiger partial charge in [-0.25, -0.2) is 14.3 Å². The van der Waals surface area contributed by atoms with E-state index in [-0.39, 0.29) is 12.0 Å². The molecule has 0 bridgehead atoms. The van der Waals surface area contributed by atoms with Crippen molar-refractivity contribution in [3.05, 3.63) is 16.3 Å². The van der Waals surface area contributed by atoms with Crippen LogP contribution in [0.2, 0.25) is 0 Å². The zero-order valence-corrected chi connectivity index (χ0v) is 11.3. The maximum atomic E-state index is 12.1. The standard InChI is InChI=1S/C12H20N4O3/c1-8(2)10-14-15(12(18)16(10)11(13)17)7-9-5-3-4-6-19-9/h8-9H,3-7H2,1-2H3,(H2,13,17). The summed E-state index contributed by atoms with van der Waals surface area (Å²) < 4.78 is 7.81. The Morgan fingerprint density at radius 2 is 2.26 bits per heavy atom. The van der Waals surface area contributed by atoms with E-state index in [0.29, 0.717) is 19.0 Å². The highest BCUT2D eigenvalue weighted by Gasteiger charge is 2.22. The molecule has 106 valence electrons. The van der Waals surface area contributed by atoms with Crippen molar-refractivity contribution < 1.29 is 9.53 Å². The summed E-state index contributed by atoms with van der Waals surface area (Å²) in [6, 6.07) is -0.787. The summed E-state index contributed by atoms with van der Waals surface area (Å²) in [6.45, 7) is 4.82. The van der Waals surface area contributed by atoms with Crippen LogP contribution in [0.3, 0.4) is 0 Å². The van der Waals surface area contributed by atoms with Gasteiger partial charge in [0.05, 0.1) is 12.6 Å². The van der Waals surface area contributed by atoms with E-state index in [1.54, 1.807) is 0 Å². The van der Waals surface area contributed by atoms with Crippen LogP contribution in [-0.2, 0) is 11.3 Å². The lowest BCUT2D eigenvalue weighted by atomic mass is 10.1. The quantitative estimate of drug-likeness (QED) is 0.871. The van der Waals surface area contributed by atoms with E-state index in [4.69, 9.17) is 10.5 Å². The number of primary amides is 1. The normalized spacial score (nSPS) is 19.8. The molecule has 1 atom stereocenters. The summed E-state index contributed by atoms with van der Waals surface area (Å²) in [6.07, 6.45) is 3.04. The van der Waals surface area contributed by atoms with E-state index in [2.05, 4.69) is 5.10 Å². The molecule has 19 heavy (non-hydrogen) atoms. The highest BCUT2D eigenvalue weighted by molar-refractivity contribution is 5.75. The smallest absolute Gasteiger partial charge is 0.354 e. The van der Waals surface area contributed by atoms with Crippen molar-refractivity contribution in [1.29, 1.82) is 0 Å². The molecule has 0 radical (unpaired) electrons. The van der Waals surface area contributed by atoms with E-state index in [1.165, 1.54) is 4.68 Å². The van der Waals surface area contributed by atoms with Crippen molar-refractivity contribution >= 4 is 6.03 Å². The number of carbonyl (C=O) groups excluding carboxylic acids is 1. The molecular weight excluding hydrogens is 248 g/mol. The van der Waals surface area contributed by atoms with Crippen molar-refractivity contribution in [2.75, 3.05) is 6.61 Å². The van der Waals surface area contributed by atoms with Crippen molar-refractivity contribution in [3.8, 4) is 0 Å². The molecule has 1 aromatic heterocycles. The Morgan fingerprint density at radius 3 is 2.74 bits per heavy atom. The molecule has 1 aliphatic rings. The Balaban J connectivity index is 2.28. The molecule has 2 heterocycles. The van der Waals surface area contributed by atoms with Gasteiger partial charge in [0.1, 0.15) is 5.82 Å². The minimum absolute atomic E-state index is 0.0114. The minimum Gasteiger partial charge on any atom is -0.376 e. The minimum atomic E-state index is -0.787. The van der Waals surface area contributed by atoms with Crippen LogP contribution in [0.4, 0.5) is 4.79 Å². The first-order valence-corrected chi connectivity index (χ1v) is 6.62. The molecule has 2 rings (SSSR count). The highest BCUT2D eigenvalue weighted by atomic mass is 16.5. The van der Waals surface area contributed by atoms with E-state index >= 15 is 0 Å². The van der Waals surface area contributed by atoms with Gasteiger partial charge in [-0.2, -0.15) is 9.67 Å². The Labute approximate surface area is 111 Å². The molecule has 0 saturated carbocycles. The summed E-state index contributed by atoms with van der Waals surface area (Å²) in [7, 11) is 0. The molecule has 1 aliphatic heterocycles. The number of nitrogens with two attached hydrogens (primary N) is 1.